The number of likely N-dealkylation sites (tertiary alicyclic amines) is 1. The van der Waals surface area contributed by atoms with Crippen molar-refractivity contribution < 1.29 is 0 Å². The number of nitrogens with two attached hydrogens (primary N) is 1. The lowest BCUT2D eigenvalue weighted by Gasteiger charge is -2.32. The molecule has 88 valence electrons. The lowest BCUT2D eigenvalue weighted by atomic mass is 9.98. The molecule has 1 fully saturated rings. The molecule has 0 saturated carbocycles. The zero-order chi connectivity index (χ0) is 11.4. The van der Waals surface area contributed by atoms with Crippen molar-refractivity contribution in [1.29, 1.82) is 0 Å². The Hall–Kier alpha value is -0.380. The second-order valence-corrected chi connectivity index (χ2v) is 5.52. The first-order chi connectivity index (χ1) is 7.78. The summed E-state index contributed by atoms with van der Waals surface area (Å²) in [6, 6.07) is 8.60. The Balaban J connectivity index is 1.91. The summed E-state index contributed by atoms with van der Waals surface area (Å²) in [7, 11) is 0. The highest BCUT2D eigenvalue weighted by Gasteiger charge is 2.18. The average Bonchev–Trinajstić information content (AvgIpc) is 2.32. The van der Waals surface area contributed by atoms with Gasteiger partial charge >= 0.3 is 0 Å². The maximum absolute atomic E-state index is 5.75. The van der Waals surface area contributed by atoms with Crippen molar-refractivity contribution in [3.05, 3.63) is 34.3 Å². The quantitative estimate of drug-likeness (QED) is 0.924. The normalized spacial score (nSPS) is 22.2. The third kappa shape index (κ3) is 3.30. The van der Waals surface area contributed by atoms with Crippen LogP contribution in [-0.2, 0) is 6.54 Å². The molecule has 0 spiro atoms. The number of piperidine rings is 1. The highest BCUT2D eigenvalue weighted by Crippen LogP contribution is 2.18. The molecule has 3 heteroatoms. The molecule has 1 aliphatic rings. The molecular formula is C13H19BrN2. The van der Waals surface area contributed by atoms with Crippen LogP contribution in [0, 0.1) is 5.92 Å². The number of hydrogen-bond acceptors (Lipinski definition) is 2. The van der Waals surface area contributed by atoms with Gasteiger partial charge < -0.3 is 5.73 Å². The summed E-state index contributed by atoms with van der Waals surface area (Å²) in [6.07, 6.45) is 2.59. The van der Waals surface area contributed by atoms with E-state index in [1.807, 2.05) is 0 Å². The summed E-state index contributed by atoms with van der Waals surface area (Å²) in [5.74, 6) is 0.698. The summed E-state index contributed by atoms with van der Waals surface area (Å²) < 4.78 is 1.15. The first-order valence-corrected chi connectivity index (χ1v) is 6.74. The molecule has 2 rings (SSSR count). The number of nitrogens with zero attached hydrogens (tertiary/aromatic N) is 1. The predicted octanol–water partition coefficient (Wildman–Crippen LogP) is 2.62. The molecule has 1 saturated heterocycles. The standard InChI is InChI=1S/C13H19BrN2/c14-13-5-3-11(4-6-13)9-16-7-1-2-12(8-15)10-16/h3-6,12H,1-2,7-10,15H2. The first kappa shape index (κ1) is 12.1. The van der Waals surface area contributed by atoms with Gasteiger partial charge in [0.2, 0.25) is 0 Å². The Bertz CT molecular complexity index is 323. The summed E-state index contributed by atoms with van der Waals surface area (Å²) in [4.78, 5) is 2.52. The highest BCUT2D eigenvalue weighted by molar-refractivity contribution is 9.10. The smallest absolute Gasteiger partial charge is 0.0233 e. The molecule has 0 radical (unpaired) electrons. The summed E-state index contributed by atoms with van der Waals surface area (Å²) in [5, 5.41) is 0. The van der Waals surface area contributed by atoms with E-state index < -0.39 is 0 Å². The van der Waals surface area contributed by atoms with Gasteiger partial charge in [-0.05, 0) is 49.5 Å². The van der Waals surface area contributed by atoms with E-state index in [0.717, 1.165) is 24.1 Å². The van der Waals surface area contributed by atoms with Gasteiger partial charge in [-0.2, -0.15) is 0 Å². The highest BCUT2D eigenvalue weighted by atomic mass is 79.9. The molecule has 1 aromatic carbocycles. The molecule has 2 nitrogen and oxygen atoms in total. The van der Waals surface area contributed by atoms with Crippen LogP contribution in [-0.4, -0.2) is 24.5 Å². The Kier molecular flexibility index (Phi) is 4.38. The van der Waals surface area contributed by atoms with E-state index in [1.54, 1.807) is 0 Å². The van der Waals surface area contributed by atoms with Gasteiger partial charge in [0.25, 0.3) is 0 Å². The van der Waals surface area contributed by atoms with Crippen LogP contribution in [0.2, 0.25) is 0 Å². The lowest BCUT2D eigenvalue weighted by Crippen LogP contribution is -2.37. The minimum Gasteiger partial charge on any atom is -0.330 e. The maximum Gasteiger partial charge on any atom is 0.0233 e. The van der Waals surface area contributed by atoms with Crippen molar-refractivity contribution in [1.82, 2.24) is 4.90 Å². The molecule has 1 heterocycles. The molecule has 1 aliphatic heterocycles. The Morgan fingerprint density at radius 1 is 1.31 bits per heavy atom. The maximum atomic E-state index is 5.75. The largest absolute Gasteiger partial charge is 0.330 e. The molecular weight excluding hydrogens is 264 g/mol. The SMILES string of the molecule is NCC1CCCN(Cc2ccc(Br)cc2)C1. The molecule has 1 atom stereocenters. The molecule has 1 unspecified atom stereocenters. The van der Waals surface area contributed by atoms with Crippen LogP contribution in [0.25, 0.3) is 0 Å². The van der Waals surface area contributed by atoms with Gasteiger partial charge in [0.15, 0.2) is 0 Å². The van der Waals surface area contributed by atoms with Crippen molar-refractivity contribution in [2.45, 2.75) is 19.4 Å². The van der Waals surface area contributed by atoms with Gasteiger partial charge in [-0.1, -0.05) is 28.1 Å². The molecule has 1 aromatic rings. The second kappa shape index (κ2) is 5.80. The fourth-order valence-electron chi connectivity index (χ4n) is 2.34. The van der Waals surface area contributed by atoms with Gasteiger partial charge in [0.1, 0.15) is 0 Å². The van der Waals surface area contributed by atoms with E-state index in [0.29, 0.717) is 5.92 Å². The van der Waals surface area contributed by atoms with Crippen LogP contribution >= 0.6 is 15.9 Å². The third-order valence-electron chi connectivity index (χ3n) is 3.26. The van der Waals surface area contributed by atoms with Gasteiger partial charge in [-0.15, -0.1) is 0 Å². The number of halogens is 1. The van der Waals surface area contributed by atoms with Crippen molar-refractivity contribution >= 4 is 15.9 Å². The zero-order valence-electron chi connectivity index (χ0n) is 9.53. The third-order valence-corrected chi connectivity index (χ3v) is 3.78. The Morgan fingerprint density at radius 3 is 2.75 bits per heavy atom. The second-order valence-electron chi connectivity index (χ2n) is 4.61. The summed E-state index contributed by atoms with van der Waals surface area (Å²) in [6.45, 7) is 4.26. The van der Waals surface area contributed by atoms with E-state index in [-0.39, 0.29) is 0 Å². The van der Waals surface area contributed by atoms with Crippen molar-refractivity contribution in [3.63, 3.8) is 0 Å². The van der Waals surface area contributed by atoms with E-state index in [9.17, 15) is 0 Å². The van der Waals surface area contributed by atoms with E-state index in [1.165, 1.54) is 24.9 Å². The van der Waals surface area contributed by atoms with Gasteiger partial charge in [-0.25, -0.2) is 0 Å². The summed E-state index contributed by atoms with van der Waals surface area (Å²) >= 11 is 3.46. The van der Waals surface area contributed by atoms with Crippen molar-refractivity contribution in [2.75, 3.05) is 19.6 Å². The lowest BCUT2D eigenvalue weighted by molar-refractivity contribution is 0.171. The van der Waals surface area contributed by atoms with Crippen molar-refractivity contribution in [3.8, 4) is 0 Å². The number of benzene rings is 1. The van der Waals surface area contributed by atoms with Gasteiger partial charge in [0, 0.05) is 17.6 Å². The number of hydrogen-bond donors (Lipinski definition) is 1. The minimum atomic E-state index is 0.698. The molecule has 0 aromatic heterocycles. The number of rotatable bonds is 3. The van der Waals surface area contributed by atoms with Crippen LogP contribution < -0.4 is 5.73 Å². The summed E-state index contributed by atoms with van der Waals surface area (Å²) in [5.41, 5.74) is 7.14. The zero-order valence-corrected chi connectivity index (χ0v) is 11.1. The van der Waals surface area contributed by atoms with Crippen LogP contribution in [0.15, 0.2) is 28.7 Å². The van der Waals surface area contributed by atoms with E-state index >= 15 is 0 Å². The molecule has 2 N–H and O–H groups in total. The fourth-order valence-corrected chi connectivity index (χ4v) is 2.60. The molecule has 0 amide bonds. The Labute approximate surface area is 106 Å². The molecule has 0 bridgehead atoms. The van der Waals surface area contributed by atoms with E-state index in [2.05, 4.69) is 45.1 Å². The van der Waals surface area contributed by atoms with Crippen molar-refractivity contribution in [2.24, 2.45) is 11.7 Å². The van der Waals surface area contributed by atoms with Gasteiger partial charge in [-0.3, -0.25) is 4.90 Å². The van der Waals surface area contributed by atoms with Crippen LogP contribution in [0.4, 0.5) is 0 Å². The predicted molar refractivity (Wildman–Crippen MR) is 71.2 cm³/mol. The monoisotopic (exact) mass is 282 g/mol. The first-order valence-electron chi connectivity index (χ1n) is 5.95. The topological polar surface area (TPSA) is 29.3 Å². The minimum absolute atomic E-state index is 0.698. The average molecular weight is 283 g/mol. The van der Waals surface area contributed by atoms with Gasteiger partial charge in [0.05, 0.1) is 0 Å². The molecule has 16 heavy (non-hydrogen) atoms. The van der Waals surface area contributed by atoms with Crippen LogP contribution in [0.1, 0.15) is 18.4 Å². The fraction of sp³-hybridized carbons (Fsp3) is 0.538. The van der Waals surface area contributed by atoms with E-state index in [4.69, 9.17) is 5.73 Å². The molecule has 0 aliphatic carbocycles. The Morgan fingerprint density at radius 2 is 2.06 bits per heavy atom. The van der Waals surface area contributed by atoms with Crippen LogP contribution in [0.5, 0.6) is 0 Å². The van der Waals surface area contributed by atoms with Crippen LogP contribution in [0.3, 0.4) is 0 Å².